The highest BCUT2D eigenvalue weighted by atomic mass is 16.3. The molecule has 2 rings (SSSR count). The number of hydrogen-bond acceptors (Lipinski definition) is 3. The van der Waals surface area contributed by atoms with Crippen LogP contribution in [0.4, 0.5) is 5.69 Å². The van der Waals surface area contributed by atoms with Gasteiger partial charge in [0, 0.05) is 6.54 Å². The van der Waals surface area contributed by atoms with E-state index in [1.807, 2.05) is 43.3 Å². The molecule has 3 nitrogen and oxygen atoms in total. The molecule has 0 radical (unpaired) electrons. The van der Waals surface area contributed by atoms with E-state index in [4.69, 9.17) is 10.4 Å². The zero-order chi connectivity index (χ0) is 13.7. The van der Waals surface area contributed by atoms with E-state index in [0.29, 0.717) is 12.1 Å². The van der Waals surface area contributed by atoms with Crippen molar-refractivity contribution in [3.8, 4) is 6.07 Å². The van der Waals surface area contributed by atoms with E-state index in [9.17, 15) is 0 Å². The van der Waals surface area contributed by atoms with E-state index in [2.05, 4.69) is 11.4 Å². The third-order valence-corrected chi connectivity index (χ3v) is 3.04. The van der Waals surface area contributed by atoms with Crippen molar-refractivity contribution in [3.05, 3.63) is 64.7 Å². The molecule has 0 unspecified atom stereocenters. The number of aryl methyl sites for hydroxylation is 1. The first-order valence-corrected chi connectivity index (χ1v) is 6.17. The Morgan fingerprint density at radius 3 is 2.63 bits per heavy atom. The van der Waals surface area contributed by atoms with Gasteiger partial charge in [0.25, 0.3) is 0 Å². The van der Waals surface area contributed by atoms with Gasteiger partial charge in [-0.15, -0.1) is 0 Å². The average molecular weight is 252 g/mol. The van der Waals surface area contributed by atoms with E-state index in [1.165, 1.54) is 0 Å². The van der Waals surface area contributed by atoms with Gasteiger partial charge in [0.15, 0.2) is 0 Å². The van der Waals surface area contributed by atoms with Crippen molar-refractivity contribution in [1.29, 1.82) is 5.26 Å². The van der Waals surface area contributed by atoms with Gasteiger partial charge in [-0.1, -0.05) is 36.4 Å². The summed E-state index contributed by atoms with van der Waals surface area (Å²) in [5, 5.41) is 21.5. The molecule has 19 heavy (non-hydrogen) atoms. The standard InChI is InChI=1S/C16H16N2O/c1-12-4-2-7-15(9-17)16(12)18-10-13-5-3-6-14(8-13)11-19/h2-8,18-19H,10-11H2,1H3. The summed E-state index contributed by atoms with van der Waals surface area (Å²) in [6, 6.07) is 15.6. The van der Waals surface area contributed by atoms with Crippen molar-refractivity contribution < 1.29 is 5.11 Å². The first-order chi connectivity index (χ1) is 9.24. The number of aliphatic hydroxyl groups is 1. The van der Waals surface area contributed by atoms with Crippen LogP contribution in [0.3, 0.4) is 0 Å². The lowest BCUT2D eigenvalue weighted by Crippen LogP contribution is -2.03. The molecule has 0 heterocycles. The van der Waals surface area contributed by atoms with Gasteiger partial charge in [-0.05, 0) is 29.7 Å². The molecule has 0 bridgehead atoms. The molecule has 0 atom stereocenters. The second-order valence-corrected chi connectivity index (χ2v) is 4.44. The quantitative estimate of drug-likeness (QED) is 0.879. The summed E-state index contributed by atoms with van der Waals surface area (Å²) < 4.78 is 0. The minimum Gasteiger partial charge on any atom is -0.392 e. The number of hydrogen-bond donors (Lipinski definition) is 2. The fraction of sp³-hybridized carbons (Fsp3) is 0.188. The van der Waals surface area contributed by atoms with Gasteiger partial charge >= 0.3 is 0 Å². The van der Waals surface area contributed by atoms with Crippen molar-refractivity contribution in [2.75, 3.05) is 5.32 Å². The maximum Gasteiger partial charge on any atom is 0.101 e. The van der Waals surface area contributed by atoms with Crippen LogP contribution >= 0.6 is 0 Å². The molecule has 0 saturated carbocycles. The predicted molar refractivity (Wildman–Crippen MR) is 75.6 cm³/mol. The molecule has 0 saturated heterocycles. The summed E-state index contributed by atoms with van der Waals surface area (Å²) >= 11 is 0. The lowest BCUT2D eigenvalue weighted by molar-refractivity contribution is 0.281. The van der Waals surface area contributed by atoms with E-state index < -0.39 is 0 Å². The van der Waals surface area contributed by atoms with Crippen molar-refractivity contribution >= 4 is 5.69 Å². The summed E-state index contributed by atoms with van der Waals surface area (Å²) in [5.74, 6) is 0. The fourth-order valence-electron chi connectivity index (χ4n) is 2.02. The van der Waals surface area contributed by atoms with Crippen LogP contribution in [-0.2, 0) is 13.2 Å². The average Bonchev–Trinajstić information content (AvgIpc) is 2.46. The van der Waals surface area contributed by atoms with Gasteiger partial charge in [-0.25, -0.2) is 0 Å². The fourth-order valence-corrected chi connectivity index (χ4v) is 2.02. The number of nitrogens with one attached hydrogen (secondary N) is 1. The molecule has 0 aliphatic rings. The highest BCUT2D eigenvalue weighted by Gasteiger charge is 2.04. The molecule has 2 aromatic rings. The maximum atomic E-state index is 9.11. The molecule has 2 N–H and O–H groups in total. The van der Waals surface area contributed by atoms with Crippen molar-refractivity contribution in [2.24, 2.45) is 0 Å². The van der Waals surface area contributed by atoms with Crippen LogP contribution in [0.1, 0.15) is 22.3 Å². The number of nitrogens with zero attached hydrogens (tertiary/aromatic N) is 1. The van der Waals surface area contributed by atoms with E-state index in [-0.39, 0.29) is 6.61 Å². The second kappa shape index (κ2) is 6.03. The smallest absolute Gasteiger partial charge is 0.101 e. The van der Waals surface area contributed by atoms with Crippen LogP contribution in [-0.4, -0.2) is 5.11 Å². The molecule has 96 valence electrons. The first-order valence-electron chi connectivity index (χ1n) is 6.17. The minimum atomic E-state index is 0.0433. The van der Waals surface area contributed by atoms with Gasteiger partial charge in [0.2, 0.25) is 0 Å². The van der Waals surface area contributed by atoms with E-state index >= 15 is 0 Å². The predicted octanol–water partition coefficient (Wildman–Crippen LogP) is 2.97. The maximum absolute atomic E-state index is 9.11. The summed E-state index contributed by atoms with van der Waals surface area (Å²) in [7, 11) is 0. The Morgan fingerprint density at radius 1 is 1.16 bits per heavy atom. The van der Waals surface area contributed by atoms with Crippen LogP contribution in [0.15, 0.2) is 42.5 Å². The Kier molecular flexibility index (Phi) is 4.17. The van der Waals surface area contributed by atoms with Gasteiger partial charge in [0.05, 0.1) is 17.9 Å². The lowest BCUT2D eigenvalue weighted by atomic mass is 10.1. The van der Waals surface area contributed by atoms with E-state index in [0.717, 1.165) is 22.4 Å². The highest BCUT2D eigenvalue weighted by Crippen LogP contribution is 2.20. The number of para-hydroxylation sites is 1. The third-order valence-electron chi connectivity index (χ3n) is 3.04. The topological polar surface area (TPSA) is 56.0 Å². The Bertz CT molecular complexity index is 614. The Balaban J connectivity index is 2.17. The van der Waals surface area contributed by atoms with Crippen LogP contribution in [0.25, 0.3) is 0 Å². The first kappa shape index (κ1) is 13.1. The summed E-state index contributed by atoms with van der Waals surface area (Å²) in [5.41, 5.74) is 4.55. The van der Waals surface area contributed by atoms with Crippen molar-refractivity contribution in [2.45, 2.75) is 20.1 Å². The molecule has 0 amide bonds. The SMILES string of the molecule is Cc1cccc(C#N)c1NCc1cccc(CO)c1. The molecular weight excluding hydrogens is 236 g/mol. The molecule has 0 spiro atoms. The highest BCUT2D eigenvalue weighted by molar-refractivity contribution is 5.62. The van der Waals surface area contributed by atoms with Gasteiger partial charge in [-0.2, -0.15) is 5.26 Å². The van der Waals surface area contributed by atoms with Crippen molar-refractivity contribution in [1.82, 2.24) is 0 Å². The zero-order valence-electron chi connectivity index (χ0n) is 10.9. The molecule has 0 fully saturated rings. The number of aliphatic hydroxyl groups excluding tert-OH is 1. The minimum absolute atomic E-state index is 0.0433. The van der Waals surface area contributed by atoms with Crippen molar-refractivity contribution in [3.63, 3.8) is 0 Å². The number of anilines is 1. The number of benzene rings is 2. The molecule has 0 aliphatic carbocycles. The monoisotopic (exact) mass is 252 g/mol. The lowest BCUT2D eigenvalue weighted by Gasteiger charge is -2.11. The Labute approximate surface area is 113 Å². The molecule has 0 aromatic heterocycles. The van der Waals surface area contributed by atoms with Gasteiger partial charge < -0.3 is 10.4 Å². The summed E-state index contributed by atoms with van der Waals surface area (Å²) in [6.07, 6.45) is 0. The summed E-state index contributed by atoms with van der Waals surface area (Å²) in [4.78, 5) is 0. The van der Waals surface area contributed by atoms with Crippen LogP contribution in [0.5, 0.6) is 0 Å². The number of rotatable bonds is 4. The Hall–Kier alpha value is -2.31. The van der Waals surface area contributed by atoms with E-state index in [1.54, 1.807) is 6.07 Å². The zero-order valence-corrected chi connectivity index (χ0v) is 10.9. The Morgan fingerprint density at radius 2 is 1.89 bits per heavy atom. The summed E-state index contributed by atoms with van der Waals surface area (Å²) in [6.45, 7) is 2.66. The largest absolute Gasteiger partial charge is 0.392 e. The molecule has 3 heteroatoms. The second-order valence-electron chi connectivity index (χ2n) is 4.44. The molecular formula is C16H16N2O. The molecule has 0 aliphatic heterocycles. The third kappa shape index (κ3) is 3.12. The van der Waals surface area contributed by atoms with Crippen LogP contribution in [0, 0.1) is 18.3 Å². The van der Waals surface area contributed by atoms with Crippen LogP contribution < -0.4 is 5.32 Å². The van der Waals surface area contributed by atoms with Crippen LogP contribution in [0.2, 0.25) is 0 Å². The number of nitriles is 1. The van der Waals surface area contributed by atoms with Gasteiger partial charge in [0.1, 0.15) is 6.07 Å². The van der Waals surface area contributed by atoms with Gasteiger partial charge in [-0.3, -0.25) is 0 Å². The normalized spacial score (nSPS) is 9.95. The molecule has 2 aromatic carbocycles.